The van der Waals surface area contributed by atoms with Gasteiger partial charge in [0.2, 0.25) is 0 Å². The molecule has 1 aliphatic carbocycles. The predicted octanol–water partition coefficient (Wildman–Crippen LogP) is 2.54. The van der Waals surface area contributed by atoms with E-state index in [2.05, 4.69) is 10.3 Å². The summed E-state index contributed by atoms with van der Waals surface area (Å²) >= 11 is 0. The molecule has 1 aromatic heterocycles. The number of pyridine rings is 1. The summed E-state index contributed by atoms with van der Waals surface area (Å²) in [5.74, 6) is 0.662. The molecule has 0 aromatic carbocycles. The van der Waals surface area contributed by atoms with E-state index in [0.29, 0.717) is 23.8 Å². The Morgan fingerprint density at radius 3 is 2.77 bits per heavy atom. The third-order valence-corrected chi connectivity index (χ3v) is 4.01. The Labute approximate surface area is 132 Å². The van der Waals surface area contributed by atoms with Crippen LogP contribution in [0.4, 0.5) is 0 Å². The van der Waals surface area contributed by atoms with Crippen LogP contribution in [0, 0.1) is 5.92 Å². The number of ether oxygens (including phenoxy) is 1. The first kappa shape index (κ1) is 16.7. The van der Waals surface area contributed by atoms with Gasteiger partial charge in [0.15, 0.2) is 0 Å². The largest absolute Gasteiger partial charge is 0.489 e. The number of carbonyl (C=O) groups excluding carboxylic acids is 1. The van der Waals surface area contributed by atoms with Gasteiger partial charge in [0.1, 0.15) is 5.75 Å². The van der Waals surface area contributed by atoms with Crippen LogP contribution in [-0.4, -0.2) is 34.8 Å². The molecule has 1 heterocycles. The minimum atomic E-state index is -0.465. The maximum absolute atomic E-state index is 12.2. The van der Waals surface area contributed by atoms with Crippen molar-refractivity contribution in [2.45, 2.75) is 58.2 Å². The number of nitrogens with one attached hydrogen (secondary N) is 1. The topological polar surface area (TPSA) is 71.5 Å². The monoisotopic (exact) mass is 306 g/mol. The Bertz CT molecular complexity index is 485. The van der Waals surface area contributed by atoms with Crippen LogP contribution < -0.4 is 10.1 Å². The Morgan fingerprint density at radius 1 is 1.36 bits per heavy atom. The molecule has 1 atom stereocenters. The van der Waals surface area contributed by atoms with Crippen LogP contribution in [0.5, 0.6) is 5.75 Å². The van der Waals surface area contributed by atoms with Crippen LogP contribution in [0.1, 0.15) is 56.3 Å². The van der Waals surface area contributed by atoms with Gasteiger partial charge in [0, 0.05) is 12.7 Å². The maximum atomic E-state index is 12.2. The van der Waals surface area contributed by atoms with E-state index in [1.165, 1.54) is 25.5 Å². The molecule has 22 heavy (non-hydrogen) atoms. The molecular formula is C17H26N2O3. The number of aromatic nitrogens is 1. The summed E-state index contributed by atoms with van der Waals surface area (Å²) in [5, 5.41) is 13.0. The van der Waals surface area contributed by atoms with E-state index in [9.17, 15) is 9.90 Å². The first-order chi connectivity index (χ1) is 10.6. The Morgan fingerprint density at radius 2 is 2.09 bits per heavy atom. The van der Waals surface area contributed by atoms with Crippen LogP contribution in [-0.2, 0) is 0 Å². The van der Waals surface area contributed by atoms with Crippen molar-refractivity contribution >= 4 is 5.91 Å². The molecule has 0 aliphatic heterocycles. The summed E-state index contributed by atoms with van der Waals surface area (Å²) in [5.41, 5.74) is 0.453. The molecule has 122 valence electrons. The first-order valence-electron chi connectivity index (χ1n) is 8.14. The highest BCUT2D eigenvalue weighted by Gasteiger charge is 2.22. The van der Waals surface area contributed by atoms with Gasteiger partial charge in [-0.05, 0) is 38.7 Å². The molecule has 1 aromatic rings. The number of aliphatic hydroxyl groups is 1. The van der Waals surface area contributed by atoms with E-state index in [1.54, 1.807) is 12.3 Å². The van der Waals surface area contributed by atoms with E-state index in [0.717, 1.165) is 12.8 Å². The molecule has 2 N–H and O–H groups in total. The van der Waals surface area contributed by atoms with Crippen molar-refractivity contribution in [1.82, 2.24) is 10.3 Å². The lowest BCUT2D eigenvalue weighted by molar-refractivity contribution is 0.0738. The Hall–Kier alpha value is -1.62. The number of rotatable bonds is 6. The van der Waals surface area contributed by atoms with E-state index in [-0.39, 0.29) is 12.0 Å². The highest BCUT2D eigenvalue weighted by atomic mass is 16.5. The predicted molar refractivity (Wildman–Crippen MR) is 84.9 cm³/mol. The average molecular weight is 306 g/mol. The Kier molecular flexibility index (Phi) is 6.19. The lowest BCUT2D eigenvalue weighted by Crippen LogP contribution is -2.37. The molecule has 0 spiro atoms. The van der Waals surface area contributed by atoms with Crippen molar-refractivity contribution in [2.24, 2.45) is 5.92 Å². The number of aliphatic hydroxyl groups excluding tert-OH is 1. The third-order valence-electron chi connectivity index (χ3n) is 4.01. The fourth-order valence-electron chi connectivity index (χ4n) is 2.86. The zero-order valence-corrected chi connectivity index (χ0v) is 13.4. The highest BCUT2D eigenvalue weighted by Crippen LogP contribution is 2.26. The summed E-state index contributed by atoms with van der Waals surface area (Å²) in [6.07, 6.45) is 8.38. The summed E-state index contributed by atoms with van der Waals surface area (Å²) in [7, 11) is 0. The second-order valence-electron chi connectivity index (χ2n) is 6.25. The van der Waals surface area contributed by atoms with Gasteiger partial charge in [-0.15, -0.1) is 0 Å². The highest BCUT2D eigenvalue weighted by molar-refractivity contribution is 5.94. The minimum absolute atomic E-state index is 0.0354. The smallest absolute Gasteiger partial charge is 0.253 e. The van der Waals surface area contributed by atoms with Gasteiger partial charge in [-0.25, -0.2) is 0 Å². The van der Waals surface area contributed by atoms with Crippen LogP contribution in [0.25, 0.3) is 0 Å². The molecule has 1 saturated carbocycles. The quantitative estimate of drug-likeness (QED) is 0.847. The molecule has 1 unspecified atom stereocenters. The minimum Gasteiger partial charge on any atom is -0.489 e. The first-order valence-corrected chi connectivity index (χ1v) is 8.14. The van der Waals surface area contributed by atoms with Crippen molar-refractivity contribution in [3.05, 3.63) is 24.0 Å². The number of hydrogen-bond donors (Lipinski definition) is 2. The lowest BCUT2D eigenvalue weighted by Gasteiger charge is -2.26. The van der Waals surface area contributed by atoms with Gasteiger partial charge in [-0.3, -0.25) is 9.78 Å². The van der Waals surface area contributed by atoms with Gasteiger partial charge < -0.3 is 15.2 Å². The Balaban J connectivity index is 1.86. The molecule has 5 heteroatoms. The molecule has 0 saturated heterocycles. The molecule has 0 bridgehead atoms. The molecule has 0 radical (unpaired) electrons. The number of amides is 1. The van der Waals surface area contributed by atoms with Crippen LogP contribution in [0.2, 0.25) is 0 Å². The van der Waals surface area contributed by atoms with E-state index >= 15 is 0 Å². The second-order valence-corrected chi connectivity index (χ2v) is 6.25. The van der Waals surface area contributed by atoms with E-state index < -0.39 is 6.10 Å². The van der Waals surface area contributed by atoms with Crippen molar-refractivity contribution in [2.75, 3.05) is 6.54 Å². The molecule has 1 amide bonds. The maximum Gasteiger partial charge on any atom is 0.253 e. The van der Waals surface area contributed by atoms with Gasteiger partial charge in [0.25, 0.3) is 5.91 Å². The van der Waals surface area contributed by atoms with Crippen LogP contribution in [0.15, 0.2) is 18.5 Å². The number of carbonyl (C=O) groups is 1. The molecule has 1 aliphatic rings. The summed E-state index contributed by atoms with van der Waals surface area (Å²) in [6.45, 7) is 4.14. The van der Waals surface area contributed by atoms with Crippen molar-refractivity contribution in [3.8, 4) is 5.75 Å². The molecule has 5 nitrogen and oxygen atoms in total. The van der Waals surface area contributed by atoms with Crippen LogP contribution in [0.3, 0.4) is 0 Å². The summed E-state index contributed by atoms with van der Waals surface area (Å²) < 4.78 is 5.53. The van der Waals surface area contributed by atoms with Crippen molar-refractivity contribution in [3.63, 3.8) is 0 Å². The lowest BCUT2D eigenvalue weighted by atomic mass is 9.85. The summed E-state index contributed by atoms with van der Waals surface area (Å²) in [4.78, 5) is 16.2. The number of hydrogen-bond acceptors (Lipinski definition) is 4. The van der Waals surface area contributed by atoms with E-state index in [1.807, 2.05) is 13.8 Å². The zero-order valence-electron chi connectivity index (χ0n) is 13.4. The average Bonchev–Trinajstić information content (AvgIpc) is 2.52. The fraction of sp³-hybridized carbons (Fsp3) is 0.647. The summed E-state index contributed by atoms with van der Waals surface area (Å²) in [6, 6.07) is 1.68. The van der Waals surface area contributed by atoms with Crippen molar-refractivity contribution < 1.29 is 14.6 Å². The SMILES string of the molecule is CC(C)Oc1cncc(C(=O)NCC(O)C2CCCCC2)c1. The molecule has 1 fully saturated rings. The van der Waals surface area contributed by atoms with Gasteiger partial charge >= 0.3 is 0 Å². The standard InChI is InChI=1S/C17H26N2O3/c1-12(2)22-15-8-14(9-18-10-15)17(21)19-11-16(20)13-6-4-3-5-7-13/h8-10,12-13,16,20H,3-7,11H2,1-2H3,(H,19,21). The molecule has 2 rings (SSSR count). The second kappa shape index (κ2) is 8.13. The van der Waals surface area contributed by atoms with Crippen molar-refractivity contribution in [1.29, 1.82) is 0 Å². The van der Waals surface area contributed by atoms with Gasteiger partial charge in [0.05, 0.1) is 24.0 Å². The van der Waals surface area contributed by atoms with E-state index in [4.69, 9.17) is 4.74 Å². The normalized spacial score (nSPS) is 17.3. The van der Waals surface area contributed by atoms with Crippen LogP contribution >= 0.6 is 0 Å². The van der Waals surface area contributed by atoms with Gasteiger partial charge in [-0.2, -0.15) is 0 Å². The zero-order chi connectivity index (χ0) is 15.9. The van der Waals surface area contributed by atoms with Gasteiger partial charge in [-0.1, -0.05) is 19.3 Å². The number of nitrogens with zero attached hydrogens (tertiary/aromatic N) is 1. The third kappa shape index (κ3) is 4.98. The fourth-order valence-corrected chi connectivity index (χ4v) is 2.86. The molecular weight excluding hydrogens is 280 g/mol.